The van der Waals surface area contributed by atoms with Crippen molar-refractivity contribution >= 4 is 5.97 Å². The molecule has 1 aromatic rings. The Hall–Kier alpha value is -1.39. The molecule has 1 aromatic carbocycles. The molecule has 114 valence electrons. The number of carbonyl (C=O) groups excluding carboxylic acids is 1. The quantitative estimate of drug-likeness (QED) is 0.866. The Bertz CT molecular complexity index is 376. The lowest BCUT2D eigenvalue weighted by molar-refractivity contribution is -0.144. The lowest BCUT2D eigenvalue weighted by atomic mass is 10.0. The summed E-state index contributed by atoms with van der Waals surface area (Å²) in [7, 11) is 2.76. The van der Waals surface area contributed by atoms with Gasteiger partial charge in [0.15, 0.2) is 0 Å². The number of rotatable bonds is 3. The van der Waals surface area contributed by atoms with Gasteiger partial charge in [0.25, 0.3) is 0 Å². The zero-order valence-electron chi connectivity index (χ0n) is 12.9. The van der Waals surface area contributed by atoms with Crippen LogP contribution in [-0.2, 0) is 20.7 Å². The minimum Gasteiger partial charge on any atom is -0.467 e. The summed E-state index contributed by atoms with van der Waals surface area (Å²) in [6, 6.07) is 8.40. The molecule has 4 heteroatoms. The zero-order valence-corrected chi connectivity index (χ0v) is 12.9. The van der Waals surface area contributed by atoms with Gasteiger partial charge in [-0.15, -0.1) is 0 Å². The van der Waals surface area contributed by atoms with Gasteiger partial charge in [0, 0.05) is 19.6 Å². The number of hydrogen-bond donors (Lipinski definition) is 1. The van der Waals surface area contributed by atoms with Crippen molar-refractivity contribution < 1.29 is 19.4 Å². The van der Waals surface area contributed by atoms with Crippen molar-refractivity contribution in [2.75, 3.05) is 27.4 Å². The second kappa shape index (κ2) is 11.4. The van der Waals surface area contributed by atoms with Gasteiger partial charge in [-0.1, -0.05) is 38.1 Å². The summed E-state index contributed by atoms with van der Waals surface area (Å²) in [5.74, 6) is 0.0636. The topological polar surface area (TPSA) is 55.8 Å². The van der Waals surface area contributed by atoms with Crippen LogP contribution in [0.15, 0.2) is 24.3 Å². The van der Waals surface area contributed by atoms with Gasteiger partial charge in [-0.05, 0) is 24.0 Å². The lowest BCUT2D eigenvalue weighted by Crippen LogP contribution is -2.07. The van der Waals surface area contributed by atoms with Gasteiger partial charge in [0.2, 0.25) is 0 Å². The molecule has 0 radical (unpaired) electrons. The molecule has 0 aliphatic heterocycles. The first-order valence-electron chi connectivity index (χ1n) is 6.97. The molecule has 1 aliphatic carbocycles. The number of carbonyl (C=O) groups is 1. The van der Waals surface area contributed by atoms with Crippen LogP contribution >= 0.6 is 0 Å². The normalized spacial score (nSPS) is 15.2. The third-order valence-electron chi connectivity index (χ3n) is 2.97. The van der Waals surface area contributed by atoms with E-state index in [-0.39, 0.29) is 12.6 Å². The molecule has 1 unspecified atom stereocenters. The maximum Gasteiger partial charge on any atom is 0.331 e. The van der Waals surface area contributed by atoms with E-state index in [1.807, 2.05) is 19.9 Å². The summed E-state index contributed by atoms with van der Waals surface area (Å²) in [4.78, 5) is 10.1. The van der Waals surface area contributed by atoms with Crippen molar-refractivity contribution in [1.82, 2.24) is 0 Å². The van der Waals surface area contributed by atoms with Gasteiger partial charge < -0.3 is 14.6 Å². The molecule has 0 saturated heterocycles. The molecule has 0 amide bonds. The molecule has 0 heterocycles. The van der Waals surface area contributed by atoms with E-state index in [1.165, 1.54) is 25.3 Å². The SMILES string of the molecule is CC.COCC(=O)OC.OCC1CCc2ccccc21. The van der Waals surface area contributed by atoms with Crippen LogP contribution in [0.2, 0.25) is 0 Å². The Kier molecular flexibility index (Phi) is 10.6. The summed E-state index contributed by atoms with van der Waals surface area (Å²) >= 11 is 0. The highest BCUT2D eigenvalue weighted by atomic mass is 16.6. The molecule has 0 spiro atoms. The fraction of sp³-hybridized carbons (Fsp3) is 0.562. The number of benzene rings is 1. The van der Waals surface area contributed by atoms with E-state index in [0.717, 1.165) is 12.8 Å². The van der Waals surface area contributed by atoms with Gasteiger partial charge in [-0.2, -0.15) is 0 Å². The number of hydrogen-bond acceptors (Lipinski definition) is 4. The Balaban J connectivity index is 0.000000352. The summed E-state index contributed by atoms with van der Waals surface area (Å²) in [6.07, 6.45) is 2.26. The Morgan fingerprint density at radius 1 is 1.30 bits per heavy atom. The summed E-state index contributed by atoms with van der Waals surface area (Å²) in [5.41, 5.74) is 2.78. The molecule has 0 bridgehead atoms. The molecule has 20 heavy (non-hydrogen) atoms. The van der Waals surface area contributed by atoms with Crippen LogP contribution in [0.5, 0.6) is 0 Å². The van der Waals surface area contributed by atoms with Crippen LogP contribution in [-0.4, -0.2) is 38.5 Å². The van der Waals surface area contributed by atoms with E-state index >= 15 is 0 Å². The lowest BCUT2D eigenvalue weighted by Gasteiger charge is -2.05. The first kappa shape index (κ1) is 18.6. The minimum atomic E-state index is -0.345. The maximum absolute atomic E-state index is 10.1. The van der Waals surface area contributed by atoms with Crippen LogP contribution in [0.1, 0.15) is 37.3 Å². The first-order valence-corrected chi connectivity index (χ1v) is 6.97. The van der Waals surface area contributed by atoms with Crippen molar-refractivity contribution in [3.63, 3.8) is 0 Å². The molecule has 1 N–H and O–H groups in total. The van der Waals surface area contributed by atoms with Crippen LogP contribution in [0.25, 0.3) is 0 Å². The largest absolute Gasteiger partial charge is 0.467 e. The number of esters is 1. The van der Waals surface area contributed by atoms with E-state index in [4.69, 9.17) is 5.11 Å². The van der Waals surface area contributed by atoms with Gasteiger partial charge in [-0.25, -0.2) is 4.79 Å². The Morgan fingerprint density at radius 3 is 2.45 bits per heavy atom. The fourth-order valence-corrected chi connectivity index (χ4v) is 2.01. The van der Waals surface area contributed by atoms with Crippen molar-refractivity contribution in [2.45, 2.75) is 32.6 Å². The van der Waals surface area contributed by atoms with E-state index < -0.39 is 0 Å². The average molecular weight is 282 g/mol. The molecule has 0 aromatic heterocycles. The second-order valence-corrected chi connectivity index (χ2v) is 4.13. The molecule has 1 aliphatic rings. The third-order valence-corrected chi connectivity index (χ3v) is 2.97. The number of aliphatic hydroxyl groups excluding tert-OH is 1. The first-order chi connectivity index (χ1) is 9.72. The second-order valence-electron chi connectivity index (χ2n) is 4.13. The van der Waals surface area contributed by atoms with Crippen LogP contribution in [0.4, 0.5) is 0 Å². The van der Waals surface area contributed by atoms with Crippen LogP contribution in [0.3, 0.4) is 0 Å². The van der Waals surface area contributed by atoms with Crippen molar-refractivity contribution in [3.05, 3.63) is 35.4 Å². The van der Waals surface area contributed by atoms with E-state index in [9.17, 15) is 4.79 Å². The number of aliphatic hydroxyl groups is 1. The molecule has 1 atom stereocenters. The molecule has 2 rings (SSSR count). The molecular weight excluding hydrogens is 256 g/mol. The predicted octanol–water partition coefficient (Wildman–Crippen LogP) is 2.54. The summed E-state index contributed by atoms with van der Waals surface area (Å²) < 4.78 is 8.65. The standard InChI is InChI=1S/C10H12O.C4H8O3.C2H6/c11-7-9-6-5-8-3-1-2-4-10(8)9;1-6-3-4(5)7-2;1-2/h1-4,9,11H,5-7H2;3H2,1-2H3;1-2H3. The summed E-state index contributed by atoms with van der Waals surface area (Å²) in [6.45, 7) is 4.34. The van der Waals surface area contributed by atoms with Crippen molar-refractivity contribution in [3.8, 4) is 0 Å². The maximum atomic E-state index is 10.1. The average Bonchev–Trinajstić information content (AvgIpc) is 2.93. The van der Waals surface area contributed by atoms with Gasteiger partial charge >= 0.3 is 5.97 Å². The van der Waals surface area contributed by atoms with E-state index in [1.54, 1.807) is 0 Å². The Morgan fingerprint density at radius 2 is 1.95 bits per heavy atom. The van der Waals surface area contributed by atoms with Gasteiger partial charge in [0.1, 0.15) is 6.61 Å². The third kappa shape index (κ3) is 6.17. The molecular formula is C16H26O4. The minimum absolute atomic E-state index is 0.0382. The predicted molar refractivity (Wildman–Crippen MR) is 79.8 cm³/mol. The molecule has 0 saturated carbocycles. The highest BCUT2D eigenvalue weighted by Crippen LogP contribution is 2.31. The number of aryl methyl sites for hydroxylation is 1. The molecule has 4 nitrogen and oxygen atoms in total. The highest BCUT2D eigenvalue weighted by molar-refractivity contribution is 5.70. The smallest absolute Gasteiger partial charge is 0.331 e. The van der Waals surface area contributed by atoms with E-state index in [2.05, 4.69) is 27.7 Å². The fourth-order valence-electron chi connectivity index (χ4n) is 2.01. The van der Waals surface area contributed by atoms with Crippen LogP contribution in [0, 0.1) is 0 Å². The molecule has 0 fully saturated rings. The van der Waals surface area contributed by atoms with Crippen molar-refractivity contribution in [2.24, 2.45) is 0 Å². The van der Waals surface area contributed by atoms with Crippen LogP contribution < -0.4 is 0 Å². The number of ether oxygens (including phenoxy) is 2. The number of methoxy groups -OCH3 is 2. The number of fused-ring (bicyclic) bond motifs is 1. The monoisotopic (exact) mass is 282 g/mol. The highest BCUT2D eigenvalue weighted by Gasteiger charge is 2.20. The van der Waals surface area contributed by atoms with Gasteiger partial charge in [-0.3, -0.25) is 0 Å². The van der Waals surface area contributed by atoms with Gasteiger partial charge in [0.05, 0.1) is 7.11 Å². The zero-order chi connectivity index (χ0) is 15.4. The Labute approximate surface area is 121 Å². The van der Waals surface area contributed by atoms with Crippen molar-refractivity contribution in [1.29, 1.82) is 0 Å². The van der Waals surface area contributed by atoms with E-state index in [0.29, 0.717) is 12.5 Å². The summed E-state index contributed by atoms with van der Waals surface area (Å²) in [5, 5.41) is 9.01.